The highest BCUT2D eigenvalue weighted by atomic mass is 32.2. The Bertz CT molecular complexity index is 386. The molecular formula is C9H22N4O3S. The van der Waals surface area contributed by atoms with Crippen LogP contribution in [0, 0.1) is 0 Å². The predicted octanol–water partition coefficient (Wildman–Crippen LogP) is 0.124. The van der Waals surface area contributed by atoms with E-state index in [0.717, 1.165) is 0 Å². The van der Waals surface area contributed by atoms with Crippen molar-refractivity contribution in [3.63, 3.8) is 0 Å². The lowest BCUT2D eigenvalue weighted by Gasteiger charge is -2.30. The Kier molecular flexibility index (Phi) is 4.93. The first-order valence-corrected chi connectivity index (χ1v) is 6.75. The molecule has 0 fully saturated rings. The average Bonchev–Trinajstić information content (AvgIpc) is 2.11. The molecule has 0 radical (unpaired) electrons. The van der Waals surface area contributed by atoms with Crippen LogP contribution in [0.4, 0.5) is 0 Å². The number of hydrogen-bond acceptors (Lipinski definition) is 4. The summed E-state index contributed by atoms with van der Waals surface area (Å²) in [5.41, 5.74) is 3.75. The summed E-state index contributed by atoms with van der Waals surface area (Å²) in [6.45, 7) is 8.44. The Morgan fingerprint density at radius 2 is 1.76 bits per heavy atom. The topological polar surface area (TPSA) is 117 Å². The quantitative estimate of drug-likeness (QED) is 0.245. The summed E-state index contributed by atoms with van der Waals surface area (Å²) in [6.07, 6.45) is 0.355. The molecule has 0 aliphatic carbocycles. The summed E-state index contributed by atoms with van der Waals surface area (Å²) >= 11 is 0. The maximum Gasteiger partial charge on any atom is 0.278 e. The zero-order valence-corrected chi connectivity index (χ0v) is 11.7. The highest BCUT2D eigenvalue weighted by Crippen LogP contribution is 2.12. The van der Waals surface area contributed by atoms with Crippen molar-refractivity contribution in [2.24, 2.45) is 10.9 Å². The largest absolute Gasteiger partial charge is 0.409 e. The van der Waals surface area contributed by atoms with Crippen LogP contribution < -0.4 is 15.2 Å². The van der Waals surface area contributed by atoms with Crippen molar-refractivity contribution in [2.75, 3.05) is 0 Å². The standard InChI is InChI=1S/C9H22N4O3S/c1-6-9(5,7(10)11-14)13-17(15,16)12-8(2,3)4/h12-14H,6H2,1-5H3,(H2,10,11). The fourth-order valence-electron chi connectivity index (χ4n) is 1.14. The van der Waals surface area contributed by atoms with Crippen LogP contribution >= 0.6 is 0 Å². The van der Waals surface area contributed by atoms with Crippen LogP contribution in [0.2, 0.25) is 0 Å². The minimum atomic E-state index is -3.74. The predicted molar refractivity (Wildman–Crippen MR) is 67.0 cm³/mol. The fraction of sp³-hybridized carbons (Fsp3) is 0.889. The van der Waals surface area contributed by atoms with Gasteiger partial charge in [0.2, 0.25) is 0 Å². The Morgan fingerprint density at radius 3 is 2.06 bits per heavy atom. The molecule has 7 nitrogen and oxygen atoms in total. The van der Waals surface area contributed by atoms with E-state index in [1.807, 2.05) is 0 Å². The molecule has 0 amide bonds. The molecular weight excluding hydrogens is 244 g/mol. The number of rotatable bonds is 5. The van der Waals surface area contributed by atoms with E-state index < -0.39 is 21.3 Å². The normalized spacial score (nSPS) is 17.8. The van der Waals surface area contributed by atoms with Gasteiger partial charge in [-0.25, -0.2) is 0 Å². The second-order valence-corrected chi connectivity index (χ2v) is 6.54. The number of nitrogens with one attached hydrogen (secondary N) is 2. The van der Waals surface area contributed by atoms with E-state index in [2.05, 4.69) is 14.6 Å². The Balaban J connectivity index is 5.05. The summed E-state index contributed by atoms with van der Waals surface area (Å²) in [6, 6.07) is 0. The van der Waals surface area contributed by atoms with Gasteiger partial charge in [0.15, 0.2) is 5.84 Å². The number of nitrogens with two attached hydrogens (primary N) is 1. The van der Waals surface area contributed by atoms with Crippen LogP contribution in [0.3, 0.4) is 0 Å². The maximum absolute atomic E-state index is 11.8. The molecule has 0 aromatic rings. The van der Waals surface area contributed by atoms with Crippen LogP contribution in [0.1, 0.15) is 41.0 Å². The van der Waals surface area contributed by atoms with Crippen LogP contribution in [-0.4, -0.2) is 30.5 Å². The third-order valence-corrected chi connectivity index (χ3v) is 3.78. The van der Waals surface area contributed by atoms with Crippen molar-refractivity contribution < 1.29 is 13.6 Å². The van der Waals surface area contributed by atoms with Crippen molar-refractivity contribution in [1.82, 2.24) is 9.44 Å². The van der Waals surface area contributed by atoms with Gasteiger partial charge in [-0.15, -0.1) is 0 Å². The van der Waals surface area contributed by atoms with E-state index >= 15 is 0 Å². The molecule has 8 heteroatoms. The SMILES string of the molecule is CCC(C)(NS(=O)(=O)NC(C)(C)C)C(N)=NO. The van der Waals surface area contributed by atoms with Crippen molar-refractivity contribution in [2.45, 2.75) is 52.1 Å². The van der Waals surface area contributed by atoms with E-state index in [4.69, 9.17) is 10.9 Å². The van der Waals surface area contributed by atoms with Crippen LogP contribution in [0.5, 0.6) is 0 Å². The van der Waals surface area contributed by atoms with Gasteiger partial charge in [-0.3, -0.25) is 0 Å². The van der Waals surface area contributed by atoms with Gasteiger partial charge < -0.3 is 10.9 Å². The van der Waals surface area contributed by atoms with Gasteiger partial charge in [-0.1, -0.05) is 12.1 Å². The minimum Gasteiger partial charge on any atom is -0.409 e. The van der Waals surface area contributed by atoms with Gasteiger partial charge in [0.05, 0.1) is 5.54 Å². The fourth-order valence-corrected chi connectivity index (χ4v) is 2.84. The molecule has 0 aromatic carbocycles. The average molecular weight is 266 g/mol. The number of hydrogen-bond donors (Lipinski definition) is 4. The van der Waals surface area contributed by atoms with Gasteiger partial charge in [-0.05, 0) is 34.1 Å². The molecule has 0 rings (SSSR count). The molecule has 102 valence electrons. The molecule has 5 N–H and O–H groups in total. The van der Waals surface area contributed by atoms with Gasteiger partial charge >= 0.3 is 0 Å². The van der Waals surface area contributed by atoms with Gasteiger partial charge in [0.1, 0.15) is 0 Å². The van der Waals surface area contributed by atoms with Crippen LogP contribution in [-0.2, 0) is 10.2 Å². The van der Waals surface area contributed by atoms with Crippen molar-refractivity contribution in [1.29, 1.82) is 0 Å². The molecule has 17 heavy (non-hydrogen) atoms. The van der Waals surface area contributed by atoms with Gasteiger partial charge in [0, 0.05) is 5.54 Å². The number of amidine groups is 1. The van der Waals surface area contributed by atoms with E-state index in [1.165, 1.54) is 0 Å². The molecule has 0 spiro atoms. The van der Waals surface area contributed by atoms with Crippen molar-refractivity contribution in [3.05, 3.63) is 0 Å². The van der Waals surface area contributed by atoms with Crippen molar-refractivity contribution in [3.8, 4) is 0 Å². The second kappa shape index (κ2) is 5.19. The number of nitrogens with zero attached hydrogens (tertiary/aromatic N) is 1. The second-order valence-electron chi connectivity index (χ2n) is 5.13. The first kappa shape index (κ1) is 16.1. The maximum atomic E-state index is 11.8. The number of oxime groups is 1. The molecule has 0 bridgehead atoms. The molecule has 0 aliphatic heterocycles. The highest BCUT2D eigenvalue weighted by Gasteiger charge is 2.34. The third-order valence-electron chi connectivity index (χ3n) is 2.18. The molecule has 1 unspecified atom stereocenters. The molecule has 0 saturated heterocycles. The van der Waals surface area contributed by atoms with Gasteiger partial charge in [-0.2, -0.15) is 17.9 Å². The van der Waals surface area contributed by atoms with Crippen LogP contribution in [0.25, 0.3) is 0 Å². The van der Waals surface area contributed by atoms with Crippen LogP contribution in [0.15, 0.2) is 5.16 Å². The first-order chi connectivity index (χ1) is 7.46. The van der Waals surface area contributed by atoms with E-state index in [0.29, 0.717) is 6.42 Å². The van der Waals surface area contributed by atoms with E-state index in [-0.39, 0.29) is 5.84 Å². The summed E-state index contributed by atoms with van der Waals surface area (Å²) < 4.78 is 28.5. The molecule has 0 saturated carbocycles. The third kappa shape index (κ3) is 5.33. The molecule has 0 heterocycles. The summed E-state index contributed by atoms with van der Waals surface area (Å²) in [5, 5.41) is 11.5. The highest BCUT2D eigenvalue weighted by molar-refractivity contribution is 7.87. The zero-order valence-electron chi connectivity index (χ0n) is 10.9. The zero-order chi connectivity index (χ0) is 13.9. The lowest BCUT2D eigenvalue weighted by molar-refractivity contribution is 0.310. The molecule has 0 aliphatic rings. The Morgan fingerprint density at radius 1 is 1.29 bits per heavy atom. The summed E-state index contributed by atoms with van der Waals surface area (Å²) in [5.74, 6) is -0.181. The summed E-state index contributed by atoms with van der Waals surface area (Å²) in [4.78, 5) is 0. The smallest absolute Gasteiger partial charge is 0.278 e. The summed E-state index contributed by atoms with van der Waals surface area (Å²) in [7, 11) is -3.74. The van der Waals surface area contributed by atoms with Gasteiger partial charge in [0.25, 0.3) is 10.2 Å². The Hall–Kier alpha value is -0.860. The van der Waals surface area contributed by atoms with Crippen molar-refractivity contribution >= 4 is 16.0 Å². The lowest BCUT2D eigenvalue weighted by Crippen LogP contribution is -2.59. The first-order valence-electron chi connectivity index (χ1n) is 5.26. The minimum absolute atomic E-state index is 0.181. The lowest BCUT2D eigenvalue weighted by atomic mass is 10.00. The Labute approximate surface area is 103 Å². The van der Waals surface area contributed by atoms with E-state index in [1.54, 1.807) is 34.6 Å². The van der Waals surface area contributed by atoms with E-state index in [9.17, 15) is 8.42 Å². The molecule has 1 atom stereocenters. The monoisotopic (exact) mass is 266 g/mol. The molecule has 0 aromatic heterocycles.